The Labute approximate surface area is 104 Å². The number of nitrogens with one attached hydrogen (secondary N) is 1. The quantitative estimate of drug-likeness (QED) is 0.887. The average molecular weight is 293 g/mol. The fraction of sp³-hybridized carbons (Fsp3) is 0.455. The highest BCUT2D eigenvalue weighted by Crippen LogP contribution is 2.25. The molecule has 1 unspecified atom stereocenters. The van der Waals surface area contributed by atoms with Crippen LogP contribution >= 0.6 is 27.5 Å². The Morgan fingerprint density at radius 1 is 1.53 bits per heavy atom. The first kappa shape index (κ1) is 12.8. The van der Waals surface area contributed by atoms with E-state index in [2.05, 4.69) is 28.2 Å². The molecule has 2 nitrogen and oxygen atoms in total. The van der Waals surface area contributed by atoms with Crippen LogP contribution in [-0.2, 0) is 4.74 Å². The summed E-state index contributed by atoms with van der Waals surface area (Å²) in [4.78, 5) is 0. The van der Waals surface area contributed by atoms with Gasteiger partial charge in [0.2, 0.25) is 0 Å². The first-order valence-electron chi connectivity index (χ1n) is 4.92. The summed E-state index contributed by atoms with van der Waals surface area (Å²) in [5.41, 5.74) is 1.04. The largest absolute Gasteiger partial charge is 0.380 e. The van der Waals surface area contributed by atoms with Crippen molar-refractivity contribution in [2.24, 2.45) is 0 Å². The average Bonchev–Trinajstić information content (AvgIpc) is 2.20. The van der Waals surface area contributed by atoms with Gasteiger partial charge in [-0.1, -0.05) is 11.6 Å². The maximum absolute atomic E-state index is 5.90. The number of halogens is 2. The van der Waals surface area contributed by atoms with Crippen LogP contribution in [-0.4, -0.2) is 19.3 Å². The Hall–Kier alpha value is -0.250. The Balaban J connectivity index is 2.53. The second kappa shape index (κ2) is 6.36. The minimum Gasteiger partial charge on any atom is -0.380 e. The van der Waals surface area contributed by atoms with Crippen LogP contribution in [0.25, 0.3) is 0 Å². The summed E-state index contributed by atoms with van der Waals surface area (Å²) in [6.45, 7) is 5.52. The fourth-order valence-electron chi connectivity index (χ4n) is 1.21. The van der Waals surface area contributed by atoms with Gasteiger partial charge in [0.1, 0.15) is 0 Å². The van der Waals surface area contributed by atoms with Crippen molar-refractivity contribution in [2.75, 3.05) is 18.5 Å². The smallest absolute Gasteiger partial charge is 0.0664 e. The molecule has 4 heteroatoms. The Morgan fingerprint density at radius 2 is 2.27 bits per heavy atom. The van der Waals surface area contributed by atoms with Crippen LogP contribution in [0.2, 0.25) is 5.02 Å². The van der Waals surface area contributed by atoms with Gasteiger partial charge in [-0.15, -0.1) is 0 Å². The normalized spacial score (nSPS) is 12.5. The van der Waals surface area contributed by atoms with Gasteiger partial charge in [0, 0.05) is 22.8 Å². The van der Waals surface area contributed by atoms with Gasteiger partial charge in [-0.2, -0.15) is 0 Å². The molecule has 15 heavy (non-hydrogen) atoms. The van der Waals surface area contributed by atoms with E-state index in [1.165, 1.54) is 0 Å². The molecular formula is C11H15BrClNO. The van der Waals surface area contributed by atoms with E-state index in [0.717, 1.165) is 21.8 Å². The molecular weight excluding hydrogens is 277 g/mol. The fourth-order valence-corrected chi connectivity index (χ4v) is 1.70. The zero-order valence-electron chi connectivity index (χ0n) is 8.89. The molecule has 1 aromatic carbocycles. The first-order valence-corrected chi connectivity index (χ1v) is 6.10. The second-order valence-electron chi connectivity index (χ2n) is 3.33. The molecule has 1 atom stereocenters. The van der Waals surface area contributed by atoms with E-state index >= 15 is 0 Å². The van der Waals surface area contributed by atoms with Crippen LogP contribution in [0.1, 0.15) is 13.8 Å². The monoisotopic (exact) mass is 291 g/mol. The minimum atomic E-state index is 0.290. The third kappa shape index (κ3) is 4.41. The minimum absolute atomic E-state index is 0.290. The van der Waals surface area contributed by atoms with Crippen LogP contribution in [0.3, 0.4) is 0 Å². The van der Waals surface area contributed by atoms with E-state index in [1.54, 1.807) is 0 Å². The van der Waals surface area contributed by atoms with Gasteiger partial charge >= 0.3 is 0 Å². The lowest BCUT2D eigenvalue weighted by Crippen LogP contribution is -2.21. The van der Waals surface area contributed by atoms with Gasteiger partial charge in [-0.05, 0) is 48.0 Å². The summed E-state index contributed by atoms with van der Waals surface area (Å²) in [7, 11) is 0. The van der Waals surface area contributed by atoms with Crippen LogP contribution in [0.4, 0.5) is 5.69 Å². The summed E-state index contributed by atoms with van der Waals surface area (Å²) in [5, 5.41) is 4.05. The third-order valence-corrected chi connectivity index (χ3v) is 3.12. The van der Waals surface area contributed by atoms with Gasteiger partial charge in [0.05, 0.1) is 11.6 Å². The molecule has 0 aliphatic carbocycles. The first-order chi connectivity index (χ1) is 7.13. The van der Waals surface area contributed by atoms with E-state index < -0.39 is 0 Å². The molecule has 0 fully saturated rings. The lowest BCUT2D eigenvalue weighted by atomic mass is 10.3. The molecule has 1 aromatic rings. The van der Waals surface area contributed by atoms with Crippen molar-refractivity contribution < 1.29 is 4.74 Å². The van der Waals surface area contributed by atoms with Crippen molar-refractivity contribution in [3.63, 3.8) is 0 Å². The number of benzene rings is 1. The molecule has 0 aliphatic heterocycles. The van der Waals surface area contributed by atoms with Gasteiger partial charge in [-0.25, -0.2) is 0 Å². The van der Waals surface area contributed by atoms with E-state index in [4.69, 9.17) is 16.3 Å². The number of rotatable bonds is 5. The van der Waals surface area contributed by atoms with E-state index in [9.17, 15) is 0 Å². The van der Waals surface area contributed by atoms with Gasteiger partial charge < -0.3 is 10.1 Å². The Bertz CT molecular complexity index is 319. The zero-order chi connectivity index (χ0) is 11.3. The summed E-state index contributed by atoms with van der Waals surface area (Å²) in [6.07, 6.45) is 0. The summed E-state index contributed by atoms with van der Waals surface area (Å²) >= 11 is 9.29. The third-order valence-electron chi connectivity index (χ3n) is 1.90. The lowest BCUT2D eigenvalue weighted by molar-refractivity contribution is 0.141. The van der Waals surface area contributed by atoms with E-state index in [0.29, 0.717) is 6.61 Å². The van der Waals surface area contributed by atoms with Crippen molar-refractivity contribution in [3.8, 4) is 0 Å². The van der Waals surface area contributed by atoms with Crippen LogP contribution in [0, 0.1) is 0 Å². The Morgan fingerprint density at radius 3 is 2.87 bits per heavy atom. The highest BCUT2D eigenvalue weighted by molar-refractivity contribution is 9.10. The van der Waals surface area contributed by atoms with Crippen molar-refractivity contribution >= 4 is 33.2 Å². The van der Waals surface area contributed by atoms with E-state index in [-0.39, 0.29) is 6.04 Å². The van der Waals surface area contributed by atoms with Crippen molar-refractivity contribution in [3.05, 3.63) is 27.7 Å². The highest BCUT2D eigenvalue weighted by Gasteiger charge is 2.03. The zero-order valence-corrected chi connectivity index (χ0v) is 11.2. The summed E-state index contributed by atoms with van der Waals surface area (Å²) in [6, 6.07) is 6.07. The van der Waals surface area contributed by atoms with Gasteiger partial charge in [0.15, 0.2) is 0 Å². The van der Waals surface area contributed by atoms with Crippen LogP contribution < -0.4 is 5.32 Å². The van der Waals surface area contributed by atoms with Gasteiger partial charge in [0.25, 0.3) is 0 Å². The molecule has 0 aliphatic rings. The maximum atomic E-state index is 5.90. The number of hydrogen-bond acceptors (Lipinski definition) is 2. The molecule has 0 amide bonds. The standard InChI is InChI=1S/C11H15BrClNO/c1-3-15-7-8(2)14-9-4-5-11(13)10(12)6-9/h4-6,8,14H,3,7H2,1-2H3. The second-order valence-corrected chi connectivity index (χ2v) is 4.60. The number of ether oxygens (including phenoxy) is 1. The predicted octanol–water partition coefficient (Wildman–Crippen LogP) is 3.94. The van der Waals surface area contributed by atoms with E-state index in [1.807, 2.05) is 25.1 Å². The Kier molecular flexibility index (Phi) is 5.43. The topological polar surface area (TPSA) is 21.3 Å². The molecule has 1 N–H and O–H groups in total. The summed E-state index contributed by atoms with van der Waals surface area (Å²) in [5.74, 6) is 0. The van der Waals surface area contributed by atoms with Crippen molar-refractivity contribution in [1.82, 2.24) is 0 Å². The molecule has 0 spiro atoms. The predicted molar refractivity (Wildman–Crippen MR) is 68.7 cm³/mol. The van der Waals surface area contributed by atoms with Crippen molar-refractivity contribution in [1.29, 1.82) is 0 Å². The molecule has 0 aromatic heterocycles. The molecule has 1 rings (SSSR count). The SMILES string of the molecule is CCOCC(C)Nc1ccc(Cl)c(Br)c1. The van der Waals surface area contributed by atoms with Crippen LogP contribution in [0.5, 0.6) is 0 Å². The highest BCUT2D eigenvalue weighted by atomic mass is 79.9. The molecule has 0 saturated heterocycles. The molecule has 0 radical (unpaired) electrons. The molecule has 0 bridgehead atoms. The molecule has 0 heterocycles. The lowest BCUT2D eigenvalue weighted by Gasteiger charge is -2.15. The number of anilines is 1. The van der Waals surface area contributed by atoms with Gasteiger partial charge in [-0.3, -0.25) is 0 Å². The summed E-state index contributed by atoms with van der Waals surface area (Å²) < 4.78 is 6.22. The van der Waals surface area contributed by atoms with Crippen molar-refractivity contribution in [2.45, 2.75) is 19.9 Å². The number of hydrogen-bond donors (Lipinski definition) is 1. The molecule has 0 saturated carbocycles. The molecule has 84 valence electrons. The van der Waals surface area contributed by atoms with Crippen LogP contribution in [0.15, 0.2) is 22.7 Å². The maximum Gasteiger partial charge on any atom is 0.0664 e.